The van der Waals surface area contributed by atoms with Crippen LogP contribution in [0.15, 0.2) is 48.5 Å². The first kappa shape index (κ1) is 19.7. The molecule has 144 valence electrons. The Hall–Kier alpha value is -2.08. The SMILES string of the molecule is Cc1cccc(CN2CCN(C/C=C/c3ccc(F)cc3)CC2CCO)n1. The molecular formula is C22H28FN3O. The molecule has 1 saturated heterocycles. The summed E-state index contributed by atoms with van der Waals surface area (Å²) in [6, 6.07) is 13.0. The predicted octanol–water partition coefficient (Wildman–Crippen LogP) is 3.11. The van der Waals surface area contributed by atoms with Crippen molar-refractivity contribution in [2.75, 3.05) is 32.8 Å². The smallest absolute Gasteiger partial charge is 0.123 e. The number of nitrogens with zero attached hydrogens (tertiary/aromatic N) is 3. The summed E-state index contributed by atoms with van der Waals surface area (Å²) in [6.07, 6.45) is 4.93. The van der Waals surface area contributed by atoms with Crippen LogP contribution >= 0.6 is 0 Å². The summed E-state index contributed by atoms with van der Waals surface area (Å²) in [5, 5.41) is 9.47. The maximum atomic E-state index is 13.0. The van der Waals surface area contributed by atoms with Gasteiger partial charge in [-0.3, -0.25) is 14.8 Å². The molecule has 0 amide bonds. The molecule has 0 bridgehead atoms. The third kappa shape index (κ3) is 5.96. The fraction of sp³-hybridized carbons (Fsp3) is 0.409. The van der Waals surface area contributed by atoms with E-state index in [1.54, 1.807) is 12.1 Å². The quantitative estimate of drug-likeness (QED) is 0.814. The largest absolute Gasteiger partial charge is 0.396 e. The predicted molar refractivity (Wildman–Crippen MR) is 107 cm³/mol. The Balaban J connectivity index is 1.55. The monoisotopic (exact) mass is 369 g/mol. The van der Waals surface area contributed by atoms with Gasteiger partial charge in [0.2, 0.25) is 0 Å². The Kier molecular flexibility index (Phi) is 7.10. The van der Waals surface area contributed by atoms with Gasteiger partial charge < -0.3 is 5.11 Å². The topological polar surface area (TPSA) is 39.6 Å². The number of pyridine rings is 1. The van der Waals surface area contributed by atoms with Crippen LogP contribution in [0, 0.1) is 12.7 Å². The van der Waals surface area contributed by atoms with Crippen LogP contribution in [0.2, 0.25) is 0 Å². The molecule has 1 N–H and O–H groups in total. The molecule has 27 heavy (non-hydrogen) atoms. The molecule has 0 aliphatic carbocycles. The third-order valence-electron chi connectivity index (χ3n) is 5.01. The number of rotatable bonds is 7. The van der Waals surface area contributed by atoms with E-state index in [1.165, 1.54) is 12.1 Å². The Morgan fingerprint density at radius 1 is 1.19 bits per heavy atom. The van der Waals surface area contributed by atoms with Gasteiger partial charge in [0.05, 0.1) is 5.69 Å². The van der Waals surface area contributed by atoms with Crippen LogP contribution in [0.4, 0.5) is 4.39 Å². The second kappa shape index (κ2) is 9.74. The van der Waals surface area contributed by atoms with E-state index in [1.807, 2.05) is 19.1 Å². The van der Waals surface area contributed by atoms with Crippen molar-refractivity contribution < 1.29 is 9.50 Å². The molecule has 1 aliphatic heterocycles. The van der Waals surface area contributed by atoms with Crippen molar-refractivity contribution in [3.05, 3.63) is 71.3 Å². The van der Waals surface area contributed by atoms with E-state index in [2.05, 4.69) is 33.0 Å². The van der Waals surface area contributed by atoms with Gasteiger partial charge in [-0.1, -0.05) is 30.4 Å². The zero-order valence-electron chi connectivity index (χ0n) is 15.9. The number of halogens is 1. The number of hydrogen-bond donors (Lipinski definition) is 1. The average molecular weight is 369 g/mol. The maximum absolute atomic E-state index is 13.0. The van der Waals surface area contributed by atoms with Crippen molar-refractivity contribution >= 4 is 6.08 Å². The standard InChI is InChI=1S/C22H28FN3O/c1-18-4-2-6-21(24-18)16-26-14-13-25(17-22(26)11-15-27)12-3-5-19-7-9-20(23)10-8-19/h2-10,22,27H,11-17H2,1H3/b5-3+. The summed E-state index contributed by atoms with van der Waals surface area (Å²) < 4.78 is 13.0. The lowest BCUT2D eigenvalue weighted by Crippen LogP contribution is -2.52. The zero-order chi connectivity index (χ0) is 19.1. The highest BCUT2D eigenvalue weighted by atomic mass is 19.1. The van der Waals surface area contributed by atoms with Gasteiger partial charge in [0.15, 0.2) is 0 Å². The second-order valence-electron chi connectivity index (χ2n) is 7.12. The van der Waals surface area contributed by atoms with Gasteiger partial charge in [-0.25, -0.2) is 4.39 Å². The molecular weight excluding hydrogens is 341 g/mol. The first-order valence-corrected chi connectivity index (χ1v) is 9.56. The lowest BCUT2D eigenvalue weighted by Gasteiger charge is -2.41. The van der Waals surface area contributed by atoms with Crippen molar-refractivity contribution in [2.45, 2.75) is 25.9 Å². The number of aryl methyl sites for hydroxylation is 1. The van der Waals surface area contributed by atoms with E-state index < -0.39 is 0 Å². The van der Waals surface area contributed by atoms with E-state index >= 15 is 0 Å². The lowest BCUT2D eigenvalue weighted by atomic mass is 10.1. The van der Waals surface area contributed by atoms with Crippen molar-refractivity contribution in [2.24, 2.45) is 0 Å². The molecule has 4 nitrogen and oxygen atoms in total. The fourth-order valence-corrected chi connectivity index (χ4v) is 3.56. The number of aliphatic hydroxyl groups excluding tert-OH is 1. The molecule has 1 atom stereocenters. The molecule has 0 saturated carbocycles. The van der Waals surface area contributed by atoms with Gasteiger partial charge in [0, 0.05) is 51.1 Å². The van der Waals surface area contributed by atoms with Crippen molar-refractivity contribution in [3.8, 4) is 0 Å². The van der Waals surface area contributed by atoms with Crippen LogP contribution < -0.4 is 0 Å². The summed E-state index contributed by atoms with van der Waals surface area (Å²) in [4.78, 5) is 9.45. The minimum atomic E-state index is -0.210. The van der Waals surface area contributed by atoms with Gasteiger partial charge in [0.1, 0.15) is 5.82 Å². The van der Waals surface area contributed by atoms with Gasteiger partial charge in [-0.05, 0) is 43.2 Å². The summed E-state index contributed by atoms with van der Waals surface area (Å²) in [6.45, 7) is 6.77. The zero-order valence-corrected chi connectivity index (χ0v) is 15.9. The molecule has 3 rings (SSSR count). The highest BCUT2D eigenvalue weighted by Gasteiger charge is 2.26. The number of aliphatic hydroxyl groups is 1. The Morgan fingerprint density at radius 3 is 2.74 bits per heavy atom. The van der Waals surface area contributed by atoms with E-state index in [9.17, 15) is 9.50 Å². The van der Waals surface area contributed by atoms with E-state index in [0.717, 1.165) is 56.1 Å². The molecule has 1 aromatic carbocycles. The minimum absolute atomic E-state index is 0.196. The second-order valence-corrected chi connectivity index (χ2v) is 7.12. The highest BCUT2D eigenvalue weighted by molar-refractivity contribution is 5.48. The number of benzene rings is 1. The Morgan fingerprint density at radius 2 is 2.00 bits per heavy atom. The molecule has 1 fully saturated rings. The molecule has 0 radical (unpaired) electrons. The van der Waals surface area contributed by atoms with Gasteiger partial charge in [-0.15, -0.1) is 0 Å². The van der Waals surface area contributed by atoms with Crippen molar-refractivity contribution in [1.29, 1.82) is 0 Å². The van der Waals surface area contributed by atoms with Gasteiger partial charge in [0.25, 0.3) is 0 Å². The van der Waals surface area contributed by atoms with Crippen LogP contribution in [0.25, 0.3) is 6.08 Å². The normalized spacial score (nSPS) is 19.0. The van der Waals surface area contributed by atoms with Gasteiger partial charge >= 0.3 is 0 Å². The molecule has 1 aliphatic rings. The van der Waals surface area contributed by atoms with Crippen LogP contribution in [-0.4, -0.2) is 58.7 Å². The van der Waals surface area contributed by atoms with Crippen LogP contribution in [-0.2, 0) is 6.54 Å². The Labute approximate surface area is 161 Å². The Bertz CT molecular complexity index is 747. The van der Waals surface area contributed by atoms with E-state index in [0.29, 0.717) is 6.04 Å². The van der Waals surface area contributed by atoms with Crippen LogP contribution in [0.1, 0.15) is 23.4 Å². The first-order valence-electron chi connectivity index (χ1n) is 9.56. The molecule has 2 heterocycles. The molecule has 0 spiro atoms. The number of piperazine rings is 1. The number of aromatic nitrogens is 1. The summed E-state index contributed by atoms with van der Waals surface area (Å²) in [5.74, 6) is -0.210. The number of hydrogen-bond acceptors (Lipinski definition) is 4. The molecule has 1 aromatic heterocycles. The first-order chi connectivity index (χ1) is 13.1. The van der Waals surface area contributed by atoms with Crippen molar-refractivity contribution in [3.63, 3.8) is 0 Å². The molecule has 1 unspecified atom stereocenters. The lowest BCUT2D eigenvalue weighted by molar-refractivity contribution is 0.0587. The molecule has 2 aromatic rings. The summed E-state index contributed by atoms with van der Waals surface area (Å²) >= 11 is 0. The fourth-order valence-electron chi connectivity index (χ4n) is 3.56. The maximum Gasteiger partial charge on any atom is 0.123 e. The minimum Gasteiger partial charge on any atom is -0.396 e. The van der Waals surface area contributed by atoms with E-state index in [4.69, 9.17) is 0 Å². The van der Waals surface area contributed by atoms with Crippen molar-refractivity contribution in [1.82, 2.24) is 14.8 Å². The van der Waals surface area contributed by atoms with Crippen LogP contribution in [0.3, 0.4) is 0 Å². The van der Waals surface area contributed by atoms with Crippen LogP contribution in [0.5, 0.6) is 0 Å². The third-order valence-corrected chi connectivity index (χ3v) is 5.01. The summed E-state index contributed by atoms with van der Waals surface area (Å²) in [5.41, 5.74) is 3.13. The van der Waals surface area contributed by atoms with E-state index in [-0.39, 0.29) is 12.4 Å². The highest BCUT2D eigenvalue weighted by Crippen LogP contribution is 2.16. The average Bonchev–Trinajstić information content (AvgIpc) is 2.66. The summed E-state index contributed by atoms with van der Waals surface area (Å²) in [7, 11) is 0. The molecule has 5 heteroatoms. The van der Waals surface area contributed by atoms with Gasteiger partial charge in [-0.2, -0.15) is 0 Å².